The van der Waals surface area contributed by atoms with E-state index in [1.807, 2.05) is 12.1 Å². The first-order valence-electron chi connectivity index (χ1n) is 11.1. The number of amides is 1. The van der Waals surface area contributed by atoms with Gasteiger partial charge in [0.05, 0.1) is 17.4 Å². The van der Waals surface area contributed by atoms with Crippen LogP contribution in [0.4, 0.5) is 11.5 Å². The number of H-pyrrole nitrogens is 1. The molecule has 38 heavy (non-hydrogen) atoms. The Hall–Kier alpha value is -4.07. The molecular weight excluding hydrogens is 552 g/mol. The first kappa shape index (κ1) is 25.6. The number of nitrogens with one attached hydrogen (secondary N) is 3. The number of hydrogen-bond donors (Lipinski definition) is 3. The molecule has 3 N–H and O–H groups in total. The van der Waals surface area contributed by atoms with Crippen molar-refractivity contribution in [2.75, 3.05) is 15.8 Å². The number of anilines is 2. The molecule has 1 amide bonds. The van der Waals surface area contributed by atoms with E-state index in [2.05, 4.69) is 30.2 Å². The fourth-order valence-electron chi connectivity index (χ4n) is 3.36. The van der Waals surface area contributed by atoms with Crippen molar-refractivity contribution in [1.29, 1.82) is 0 Å². The highest BCUT2D eigenvalue weighted by Gasteiger charge is 2.19. The summed E-state index contributed by atoms with van der Waals surface area (Å²) in [5.74, 6) is 1.47. The molecule has 0 bridgehead atoms. The van der Waals surface area contributed by atoms with E-state index in [9.17, 15) is 13.2 Å². The van der Waals surface area contributed by atoms with Gasteiger partial charge in [0, 0.05) is 17.9 Å². The summed E-state index contributed by atoms with van der Waals surface area (Å²) in [6.07, 6.45) is 3.35. The number of thioether (sulfide) groups is 1. The lowest BCUT2D eigenvalue weighted by atomic mass is 10.2. The summed E-state index contributed by atoms with van der Waals surface area (Å²) >= 11 is 7.05. The Labute approximate surface area is 226 Å². The van der Waals surface area contributed by atoms with Gasteiger partial charge in [-0.15, -0.1) is 10.2 Å². The number of nitrogens with zero attached hydrogens (tertiary/aromatic N) is 3. The first-order valence-corrected chi connectivity index (χ1v) is 13.9. The largest absolute Gasteiger partial charge is 0.463 e. The summed E-state index contributed by atoms with van der Waals surface area (Å²) in [6.45, 7) is 0. The Morgan fingerprint density at radius 3 is 2.37 bits per heavy atom. The van der Waals surface area contributed by atoms with Crippen LogP contribution >= 0.6 is 23.4 Å². The fraction of sp³-hybridized carbons (Fsp3) is 0.0833. The average molecular weight is 571 g/mol. The lowest BCUT2D eigenvalue weighted by molar-refractivity contribution is -0.115. The van der Waals surface area contributed by atoms with Gasteiger partial charge in [-0.3, -0.25) is 9.52 Å². The molecular formula is C24H19ClN6O5S2. The first-order chi connectivity index (χ1) is 18.4. The third-order valence-electron chi connectivity index (χ3n) is 5.09. The Bertz CT molecular complexity index is 1570. The lowest BCUT2D eigenvalue weighted by Gasteiger charge is -2.08. The van der Waals surface area contributed by atoms with E-state index in [4.69, 9.17) is 20.4 Å². The monoisotopic (exact) mass is 570 g/mol. The highest BCUT2D eigenvalue weighted by Crippen LogP contribution is 2.33. The van der Waals surface area contributed by atoms with Crippen LogP contribution in [0.2, 0.25) is 5.15 Å². The number of aromatic amines is 1. The van der Waals surface area contributed by atoms with Gasteiger partial charge in [0.25, 0.3) is 10.0 Å². The molecule has 0 fully saturated rings. The zero-order valence-corrected chi connectivity index (χ0v) is 21.8. The second kappa shape index (κ2) is 11.1. The second-order valence-electron chi connectivity index (χ2n) is 7.74. The summed E-state index contributed by atoms with van der Waals surface area (Å²) < 4.78 is 38.4. The predicted molar refractivity (Wildman–Crippen MR) is 142 cm³/mol. The number of benzene rings is 1. The summed E-state index contributed by atoms with van der Waals surface area (Å²) in [7, 11) is -3.89. The molecule has 0 aliphatic carbocycles. The van der Waals surface area contributed by atoms with Crippen LogP contribution in [0.25, 0.3) is 22.9 Å². The molecule has 0 aliphatic heterocycles. The molecule has 0 saturated carbocycles. The zero-order chi connectivity index (χ0) is 26.5. The molecule has 4 heterocycles. The van der Waals surface area contributed by atoms with E-state index >= 15 is 0 Å². The van der Waals surface area contributed by atoms with Crippen LogP contribution in [0.1, 0.15) is 6.42 Å². The minimum Gasteiger partial charge on any atom is -0.463 e. The topological polar surface area (TPSA) is 156 Å². The van der Waals surface area contributed by atoms with Crippen molar-refractivity contribution in [2.24, 2.45) is 0 Å². The molecule has 5 rings (SSSR count). The molecule has 0 aliphatic rings. The standard InChI is InChI=1S/C24H19ClN6O5S2/c25-19-9-10-20(30-29-19)31-38(33,34)16-7-5-15(6-8-16)26-21(32)11-14-37-24-27-22(17-3-1-12-35-17)23(28-24)18-4-2-13-36-18/h1-10,12-13H,11,14H2,(H,26,32)(H,27,28)(H,30,31). The third-order valence-corrected chi connectivity index (χ3v) is 7.54. The number of rotatable bonds is 10. The summed E-state index contributed by atoms with van der Waals surface area (Å²) in [4.78, 5) is 20.3. The molecule has 0 atom stereocenters. The van der Waals surface area contributed by atoms with Gasteiger partial charge in [0.2, 0.25) is 5.91 Å². The lowest BCUT2D eigenvalue weighted by Crippen LogP contribution is -2.15. The predicted octanol–water partition coefficient (Wildman–Crippen LogP) is 5.29. The maximum atomic E-state index is 12.5. The van der Waals surface area contributed by atoms with Crippen molar-refractivity contribution in [1.82, 2.24) is 20.2 Å². The molecule has 1 aromatic carbocycles. The molecule has 194 valence electrons. The fourth-order valence-corrected chi connectivity index (χ4v) is 5.27. The summed E-state index contributed by atoms with van der Waals surface area (Å²) in [5, 5.41) is 10.8. The van der Waals surface area contributed by atoms with Crippen molar-refractivity contribution < 1.29 is 22.0 Å². The maximum absolute atomic E-state index is 12.5. The quantitative estimate of drug-likeness (QED) is 0.190. The Balaban J connectivity index is 1.16. The molecule has 4 aromatic heterocycles. The van der Waals surface area contributed by atoms with Crippen LogP contribution < -0.4 is 10.0 Å². The Kier molecular flexibility index (Phi) is 7.49. The number of carbonyl (C=O) groups excluding carboxylic acids is 1. The molecule has 14 heteroatoms. The Morgan fingerprint density at radius 1 is 0.974 bits per heavy atom. The van der Waals surface area contributed by atoms with Crippen molar-refractivity contribution in [3.8, 4) is 22.9 Å². The van der Waals surface area contributed by atoms with Crippen molar-refractivity contribution in [3.05, 3.63) is 78.3 Å². The highest BCUT2D eigenvalue weighted by atomic mass is 35.5. The molecule has 5 aromatic rings. The molecule has 0 spiro atoms. The van der Waals surface area contributed by atoms with E-state index in [0.717, 1.165) is 0 Å². The van der Waals surface area contributed by atoms with Crippen molar-refractivity contribution in [2.45, 2.75) is 16.5 Å². The minimum atomic E-state index is -3.89. The molecule has 11 nitrogen and oxygen atoms in total. The highest BCUT2D eigenvalue weighted by molar-refractivity contribution is 7.99. The van der Waals surface area contributed by atoms with E-state index in [0.29, 0.717) is 39.5 Å². The number of carbonyl (C=O) groups is 1. The van der Waals surface area contributed by atoms with Crippen LogP contribution in [0.3, 0.4) is 0 Å². The molecule has 0 unspecified atom stereocenters. The second-order valence-corrected chi connectivity index (χ2v) is 10.9. The van der Waals surface area contributed by atoms with Crippen LogP contribution in [-0.2, 0) is 14.8 Å². The van der Waals surface area contributed by atoms with Gasteiger partial charge in [0.1, 0.15) is 11.4 Å². The van der Waals surface area contributed by atoms with Crippen LogP contribution in [0.5, 0.6) is 0 Å². The van der Waals surface area contributed by atoms with E-state index in [-0.39, 0.29) is 28.2 Å². The maximum Gasteiger partial charge on any atom is 0.263 e. The van der Waals surface area contributed by atoms with E-state index in [1.165, 1.54) is 48.2 Å². The van der Waals surface area contributed by atoms with E-state index in [1.54, 1.807) is 24.7 Å². The number of halogens is 1. The number of imidazole rings is 1. The number of furan rings is 2. The van der Waals surface area contributed by atoms with Gasteiger partial charge in [-0.1, -0.05) is 23.4 Å². The minimum absolute atomic E-state index is 0.000321. The van der Waals surface area contributed by atoms with Gasteiger partial charge in [-0.25, -0.2) is 13.4 Å². The van der Waals surface area contributed by atoms with Crippen molar-refractivity contribution >= 4 is 50.8 Å². The number of sulfonamides is 1. The summed E-state index contributed by atoms with van der Waals surface area (Å²) in [5.41, 5.74) is 1.76. The molecule has 0 radical (unpaired) electrons. The number of hydrogen-bond acceptors (Lipinski definition) is 9. The van der Waals surface area contributed by atoms with E-state index < -0.39 is 10.0 Å². The smallest absolute Gasteiger partial charge is 0.263 e. The summed E-state index contributed by atoms with van der Waals surface area (Å²) in [6, 6.07) is 15.8. The van der Waals surface area contributed by atoms with Crippen LogP contribution in [0, 0.1) is 0 Å². The zero-order valence-electron chi connectivity index (χ0n) is 19.4. The van der Waals surface area contributed by atoms with Crippen molar-refractivity contribution in [3.63, 3.8) is 0 Å². The van der Waals surface area contributed by atoms with Gasteiger partial charge in [-0.05, 0) is 60.7 Å². The number of aromatic nitrogens is 4. The van der Waals surface area contributed by atoms with Crippen LogP contribution in [0.15, 0.2) is 92.1 Å². The van der Waals surface area contributed by atoms with Crippen LogP contribution in [-0.4, -0.2) is 40.2 Å². The van der Waals surface area contributed by atoms with Gasteiger partial charge in [-0.2, -0.15) is 0 Å². The third kappa shape index (κ3) is 6.07. The normalized spacial score (nSPS) is 11.4. The SMILES string of the molecule is O=C(CCSc1nc(-c2ccco2)c(-c2ccco2)[nH]1)Nc1ccc(S(=O)(=O)Nc2ccc(Cl)nn2)cc1. The molecule has 0 saturated heterocycles. The van der Waals surface area contributed by atoms with Gasteiger partial charge >= 0.3 is 0 Å². The average Bonchev–Trinajstić information content (AvgIpc) is 3.67. The van der Waals surface area contributed by atoms with Gasteiger partial charge < -0.3 is 19.1 Å². The Morgan fingerprint density at radius 2 is 1.71 bits per heavy atom. The van der Waals surface area contributed by atoms with Gasteiger partial charge in [0.15, 0.2) is 27.6 Å².